The zero-order valence-corrected chi connectivity index (χ0v) is 18.6. The number of hydroxylamine groups is 1. The number of carbonyl (C=O) groups is 2. The fourth-order valence-corrected chi connectivity index (χ4v) is 3.55. The van der Waals surface area contributed by atoms with Crippen LogP contribution in [0.25, 0.3) is 0 Å². The van der Waals surface area contributed by atoms with E-state index >= 15 is 0 Å². The Morgan fingerprint density at radius 3 is 2.23 bits per heavy atom. The SMILES string of the molecule is CON(C)S(=O)(=O)c1cccc(C(=O)NCc2ccc(C(=O)N(C)C(C)C)cc2)c1. The normalized spacial score (nSPS) is 11.6. The number of hydrogen-bond acceptors (Lipinski definition) is 5. The van der Waals surface area contributed by atoms with Crippen LogP contribution in [0.4, 0.5) is 0 Å². The summed E-state index contributed by atoms with van der Waals surface area (Å²) in [5.41, 5.74) is 1.60. The highest BCUT2D eigenvalue weighted by atomic mass is 32.2. The average molecular weight is 434 g/mol. The van der Waals surface area contributed by atoms with Gasteiger partial charge in [-0.1, -0.05) is 22.7 Å². The van der Waals surface area contributed by atoms with E-state index in [1.165, 1.54) is 38.4 Å². The van der Waals surface area contributed by atoms with E-state index in [0.29, 0.717) is 5.56 Å². The van der Waals surface area contributed by atoms with E-state index in [9.17, 15) is 18.0 Å². The molecule has 0 aliphatic heterocycles. The van der Waals surface area contributed by atoms with Crippen LogP contribution in [-0.2, 0) is 21.4 Å². The Hall–Kier alpha value is -2.75. The highest BCUT2D eigenvalue weighted by Crippen LogP contribution is 2.16. The van der Waals surface area contributed by atoms with Crippen molar-refractivity contribution in [2.45, 2.75) is 31.3 Å². The van der Waals surface area contributed by atoms with Crippen LogP contribution in [0.2, 0.25) is 0 Å². The lowest BCUT2D eigenvalue weighted by atomic mass is 10.1. The van der Waals surface area contributed by atoms with Crippen molar-refractivity contribution in [2.75, 3.05) is 21.2 Å². The molecule has 0 aromatic heterocycles. The van der Waals surface area contributed by atoms with Crippen molar-refractivity contribution in [3.05, 3.63) is 65.2 Å². The van der Waals surface area contributed by atoms with Gasteiger partial charge in [0, 0.05) is 37.8 Å². The van der Waals surface area contributed by atoms with Crippen LogP contribution < -0.4 is 5.32 Å². The molecule has 0 saturated carbocycles. The Kier molecular flexibility index (Phi) is 7.71. The van der Waals surface area contributed by atoms with Gasteiger partial charge in [-0.05, 0) is 49.7 Å². The maximum absolute atomic E-state index is 12.5. The van der Waals surface area contributed by atoms with E-state index < -0.39 is 15.9 Å². The Bertz CT molecular complexity index is 1000. The molecule has 0 spiro atoms. The van der Waals surface area contributed by atoms with Crippen LogP contribution in [0, 0.1) is 0 Å². The second-order valence-electron chi connectivity index (χ2n) is 7.01. The molecule has 2 rings (SSSR count). The summed E-state index contributed by atoms with van der Waals surface area (Å²) in [7, 11) is 0.424. The van der Waals surface area contributed by atoms with Gasteiger partial charge in [0.25, 0.3) is 21.8 Å². The Morgan fingerprint density at radius 1 is 1.03 bits per heavy atom. The topological polar surface area (TPSA) is 96.0 Å². The predicted molar refractivity (Wildman–Crippen MR) is 113 cm³/mol. The maximum Gasteiger partial charge on any atom is 0.264 e. The van der Waals surface area contributed by atoms with Crippen molar-refractivity contribution in [1.29, 1.82) is 0 Å². The lowest BCUT2D eigenvalue weighted by Gasteiger charge is -2.21. The largest absolute Gasteiger partial charge is 0.348 e. The number of benzene rings is 2. The maximum atomic E-state index is 12.5. The molecule has 0 saturated heterocycles. The lowest BCUT2D eigenvalue weighted by molar-refractivity contribution is -0.0258. The van der Waals surface area contributed by atoms with E-state index in [1.807, 2.05) is 13.8 Å². The molecule has 2 amide bonds. The molecule has 8 nitrogen and oxygen atoms in total. The summed E-state index contributed by atoms with van der Waals surface area (Å²) >= 11 is 0. The van der Waals surface area contributed by atoms with Gasteiger partial charge >= 0.3 is 0 Å². The molecule has 0 fully saturated rings. The minimum absolute atomic E-state index is 0.0448. The molecule has 0 atom stereocenters. The summed E-state index contributed by atoms with van der Waals surface area (Å²) in [6, 6.07) is 12.8. The first-order valence-corrected chi connectivity index (χ1v) is 10.8. The van der Waals surface area contributed by atoms with Crippen molar-refractivity contribution in [3.63, 3.8) is 0 Å². The molecule has 2 aromatic rings. The number of hydrogen-bond donors (Lipinski definition) is 1. The van der Waals surface area contributed by atoms with Gasteiger partial charge in [-0.2, -0.15) is 0 Å². The molecule has 30 heavy (non-hydrogen) atoms. The molecule has 0 bridgehead atoms. The minimum atomic E-state index is -3.84. The van der Waals surface area contributed by atoms with Gasteiger partial charge in [-0.15, -0.1) is 0 Å². The molecular weight excluding hydrogens is 406 g/mol. The zero-order chi connectivity index (χ0) is 22.5. The van der Waals surface area contributed by atoms with Crippen LogP contribution >= 0.6 is 0 Å². The van der Waals surface area contributed by atoms with E-state index in [1.54, 1.807) is 36.2 Å². The van der Waals surface area contributed by atoms with Gasteiger partial charge in [-0.3, -0.25) is 14.4 Å². The molecule has 0 heterocycles. The summed E-state index contributed by atoms with van der Waals surface area (Å²) in [6.07, 6.45) is 0. The molecule has 2 aromatic carbocycles. The fourth-order valence-electron chi connectivity index (χ4n) is 2.53. The van der Waals surface area contributed by atoms with Gasteiger partial charge in [0.15, 0.2) is 0 Å². The molecule has 0 aliphatic carbocycles. The van der Waals surface area contributed by atoms with Crippen molar-refractivity contribution in [3.8, 4) is 0 Å². The van der Waals surface area contributed by atoms with Gasteiger partial charge in [0.1, 0.15) is 0 Å². The van der Waals surface area contributed by atoms with E-state index in [0.717, 1.165) is 10.0 Å². The second-order valence-corrected chi connectivity index (χ2v) is 8.95. The van der Waals surface area contributed by atoms with Crippen LogP contribution in [0.5, 0.6) is 0 Å². The van der Waals surface area contributed by atoms with Crippen molar-refractivity contribution in [2.24, 2.45) is 0 Å². The first-order valence-electron chi connectivity index (χ1n) is 9.35. The number of sulfonamides is 1. The standard InChI is InChI=1S/C21H27N3O5S/c1-15(2)23(3)21(26)17-11-9-16(10-12-17)14-22-20(25)18-7-6-8-19(13-18)30(27,28)24(4)29-5/h6-13,15H,14H2,1-5H3,(H,22,25). The van der Waals surface area contributed by atoms with Gasteiger partial charge in [0.2, 0.25) is 0 Å². The Labute approximate surface area is 177 Å². The highest BCUT2D eigenvalue weighted by molar-refractivity contribution is 7.89. The number of nitrogens with zero attached hydrogens (tertiary/aromatic N) is 2. The monoisotopic (exact) mass is 433 g/mol. The molecule has 9 heteroatoms. The Balaban J connectivity index is 2.06. The average Bonchev–Trinajstić information content (AvgIpc) is 2.76. The third kappa shape index (κ3) is 5.44. The van der Waals surface area contributed by atoms with Crippen molar-refractivity contribution in [1.82, 2.24) is 14.7 Å². The second kappa shape index (κ2) is 9.84. The third-order valence-electron chi connectivity index (χ3n) is 4.74. The van der Waals surface area contributed by atoms with Crippen LogP contribution in [0.15, 0.2) is 53.4 Å². The number of carbonyl (C=O) groups excluding carboxylic acids is 2. The minimum Gasteiger partial charge on any atom is -0.348 e. The zero-order valence-electron chi connectivity index (χ0n) is 17.7. The smallest absolute Gasteiger partial charge is 0.264 e. The Morgan fingerprint density at radius 2 is 1.67 bits per heavy atom. The van der Waals surface area contributed by atoms with Crippen molar-refractivity contribution < 1.29 is 22.8 Å². The fraction of sp³-hybridized carbons (Fsp3) is 0.333. The number of rotatable bonds is 8. The summed E-state index contributed by atoms with van der Waals surface area (Å²) in [5.74, 6) is -0.480. The van der Waals surface area contributed by atoms with E-state index in [4.69, 9.17) is 4.84 Å². The van der Waals surface area contributed by atoms with Crippen LogP contribution in [0.1, 0.15) is 40.1 Å². The molecule has 0 aliphatic rings. The number of amides is 2. The summed E-state index contributed by atoms with van der Waals surface area (Å²) in [6.45, 7) is 4.12. The summed E-state index contributed by atoms with van der Waals surface area (Å²) in [5, 5.41) is 2.75. The first-order chi connectivity index (χ1) is 14.1. The quantitative estimate of drug-likeness (QED) is 0.645. The first kappa shape index (κ1) is 23.5. The lowest BCUT2D eigenvalue weighted by Crippen LogP contribution is -2.32. The van der Waals surface area contributed by atoms with E-state index in [-0.39, 0.29) is 29.0 Å². The summed E-state index contributed by atoms with van der Waals surface area (Å²) < 4.78 is 25.4. The van der Waals surface area contributed by atoms with Crippen LogP contribution in [0.3, 0.4) is 0 Å². The molecular formula is C21H27N3O5S. The van der Waals surface area contributed by atoms with Gasteiger partial charge < -0.3 is 10.2 Å². The molecule has 162 valence electrons. The number of nitrogens with one attached hydrogen (secondary N) is 1. The van der Waals surface area contributed by atoms with Crippen LogP contribution in [-0.4, -0.2) is 56.8 Å². The van der Waals surface area contributed by atoms with Crippen molar-refractivity contribution >= 4 is 21.8 Å². The van der Waals surface area contributed by atoms with Gasteiger partial charge in [-0.25, -0.2) is 8.42 Å². The molecule has 1 N–H and O–H groups in total. The van der Waals surface area contributed by atoms with E-state index in [2.05, 4.69) is 5.32 Å². The third-order valence-corrected chi connectivity index (χ3v) is 6.41. The van der Waals surface area contributed by atoms with Gasteiger partial charge in [0.05, 0.1) is 12.0 Å². The molecule has 0 radical (unpaired) electrons. The molecule has 0 unspecified atom stereocenters. The summed E-state index contributed by atoms with van der Waals surface area (Å²) in [4.78, 5) is 31.1. The predicted octanol–water partition coefficient (Wildman–Crippen LogP) is 2.28. The highest BCUT2D eigenvalue weighted by Gasteiger charge is 2.22.